The molecule has 1 aliphatic heterocycles. The van der Waals surface area contributed by atoms with Crippen LogP contribution in [0.2, 0.25) is 0 Å². The Bertz CT molecular complexity index is 526. The molecule has 100 valence electrons. The molecule has 0 spiro atoms. The number of benzene rings is 1. The van der Waals surface area contributed by atoms with Crippen molar-refractivity contribution < 1.29 is 33.8 Å². The molecular formula is C11H11BO7. The quantitative estimate of drug-likeness (QED) is 0.306. The van der Waals surface area contributed by atoms with Crippen LogP contribution in [0, 0.1) is 0 Å². The van der Waals surface area contributed by atoms with Crippen molar-refractivity contribution in [2.24, 2.45) is 0 Å². The van der Waals surface area contributed by atoms with Gasteiger partial charge in [-0.1, -0.05) is 0 Å². The van der Waals surface area contributed by atoms with E-state index in [1.165, 1.54) is 12.1 Å². The van der Waals surface area contributed by atoms with Crippen molar-refractivity contribution in [2.45, 2.75) is 6.92 Å². The molecule has 0 saturated heterocycles. The predicted molar refractivity (Wildman–Crippen MR) is 63.4 cm³/mol. The van der Waals surface area contributed by atoms with Gasteiger partial charge in [0.05, 0.1) is 6.61 Å². The zero-order valence-corrected chi connectivity index (χ0v) is 10.1. The Labute approximate surface area is 108 Å². The van der Waals surface area contributed by atoms with Gasteiger partial charge in [0.25, 0.3) is 5.78 Å². The van der Waals surface area contributed by atoms with Gasteiger partial charge in [-0.2, -0.15) is 0 Å². The second-order valence-corrected chi connectivity index (χ2v) is 3.68. The first-order valence-electron chi connectivity index (χ1n) is 5.56. The summed E-state index contributed by atoms with van der Waals surface area (Å²) in [5.41, 5.74) is -0.384. The monoisotopic (exact) mass is 266 g/mol. The topological polar surface area (TPSA) is 102 Å². The van der Waals surface area contributed by atoms with Gasteiger partial charge in [0.15, 0.2) is 11.5 Å². The Morgan fingerprint density at radius 2 is 2.11 bits per heavy atom. The average molecular weight is 266 g/mol. The molecule has 8 heteroatoms. The molecule has 0 aliphatic carbocycles. The highest BCUT2D eigenvalue weighted by atomic mass is 16.7. The van der Waals surface area contributed by atoms with Crippen LogP contribution in [-0.2, 0) is 9.53 Å². The summed E-state index contributed by atoms with van der Waals surface area (Å²) in [6.07, 6.45) is 0. The van der Waals surface area contributed by atoms with Gasteiger partial charge in [-0.3, -0.25) is 4.79 Å². The Morgan fingerprint density at radius 3 is 2.74 bits per heavy atom. The fourth-order valence-electron chi connectivity index (χ4n) is 1.75. The summed E-state index contributed by atoms with van der Waals surface area (Å²) in [4.78, 5) is 23.3. The van der Waals surface area contributed by atoms with Crippen LogP contribution in [0.5, 0.6) is 11.5 Å². The molecule has 0 bridgehead atoms. The Morgan fingerprint density at radius 1 is 1.37 bits per heavy atom. The van der Waals surface area contributed by atoms with Gasteiger partial charge in [0.1, 0.15) is 0 Å². The fourth-order valence-corrected chi connectivity index (χ4v) is 1.75. The molecule has 2 rings (SSSR count). The zero-order chi connectivity index (χ0) is 14.0. The highest BCUT2D eigenvalue weighted by molar-refractivity contribution is 6.63. The third kappa shape index (κ3) is 2.40. The summed E-state index contributed by atoms with van der Waals surface area (Å²) < 4.78 is 14.7. The molecule has 0 atom stereocenters. The third-order valence-corrected chi connectivity index (χ3v) is 2.54. The number of carbonyl (C=O) groups excluding carboxylic acids is 2. The van der Waals surface area contributed by atoms with E-state index in [-0.39, 0.29) is 35.9 Å². The summed E-state index contributed by atoms with van der Waals surface area (Å²) in [6.45, 7) is 1.52. The van der Waals surface area contributed by atoms with Crippen molar-refractivity contribution in [1.29, 1.82) is 0 Å². The molecule has 19 heavy (non-hydrogen) atoms. The van der Waals surface area contributed by atoms with Gasteiger partial charge in [-0.15, -0.1) is 0 Å². The number of Topliss-reactive ketones (excluding diaryl/α,β-unsaturated/α-hetero) is 1. The first-order chi connectivity index (χ1) is 9.06. The summed E-state index contributed by atoms with van der Waals surface area (Å²) in [7, 11) is -1.97. The maximum Gasteiger partial charge on any atom is 0.493 e. The number of fused-ring (bicyclic) bond motifs is 1. The summed E-state index contributed by atoms with van der Waals surface area (Å²) >= 11 is 0. The van der Waals surface area contributed by atoms with Gasteiger partial charge in [-0.05, 0) is 19.1 Å². The van der Waals surface area contributed by atoms with Crippen LogP contribution in [0.4, 0.5) is 0 Å². The highest BCUT2D eigenvalue weighted by Crippen LogP contribution is 2.31. The minimum Gasteiger partial charge on any atom is -0.460 e. The van der Waals surface area contributed by atoms with Crippen LogP contribution in [-0.4, -0.2) is 42.3 Å². The third-order valence-electron chi connectivity index (χ3n) is 2.54. The fraction of sp³-hybridized carbons (Fsp3) is 0.273. The number of ether oxygens (including phenoxy) is 3. The minimum absolute atomic E-state index is 0.0464. The highest BCUT2D eigenvalue weighted by Gasteiger charge is 2.33. The number of ketones is 1. The van der Waals surface area contributed by atoms with E-state index >= 15 is 0 Å². The molecule has 1 aliphatic rings. The summed E-state index contributed by atoms with van der Waals surface area (Å²) in [5, 5.41) is 18.7. The van der Waals surface area contributed by atoms with Gasteiger partial charge in [0, 0.05) is 11.0 Å². The molecule has 0 amide bonds. The molecule has 0 unspecified atom stereocenters. The first-order valence-corrected chi connectivity index (χ1v) is 5.56. The van der Waals surface area contributed by atoms with Gasteiger partial charge < -0.3 is 24.3 Å². The largest absolute Gasteiger partial charge is 0.493 e. The smallest absolute Gasteiger partial charge is 0.460 e. The molecule has 1 aromatic carbocycles. The van der Waals surface area contributed by atoms with E-state index in [1.54, 1.807) is 6.92 Å². The second kappa shape index (κ2) is 5.29. The molecule has 1 aromatic rings. The molecule has 0 saturated carbocycles. The van der Waals surface area contributed by atoms with E-state index < -0.39 is 18.9 Å². The number of hydrogen-bond acceptors (Lipinski definition) is 7. The van der Waals surface area contributed by atoms with Gasteiger partial charge in [0.2, 0.25) is 6.79 Å². The summed E-state index contributed by atoms with van der Waals surface area (Å²) in [6, 6.07) is 2.68. The van der Waals surface area contributed by atoms with E-state index in [9.17, 15) is 19.6 Å². The molecule has 0 aromatic heterocycles. The Hall–Kier alpha value is -2.06. The van der Waals surface area contributed by atoms with Crippen LogP contribution in [0.3, 0.4) is 0 Å². The second-order valence-electron chi connectivity index (χ2n) is 3.68. The first kappa shape index (κ1) is 13.4. The lowest BCUT2D eigenvalue weighted by atomic mass is 9.75. The van der Waals surface area contributed by atoms with E-state index in [0.717, 1.165) is 0 Å². The molecule has 2 N–H and O–H groups in total. The van der Waals surface area contributed by atoms with Gasteiger partial charge >= 0.3 is 13.1 Å². The SMILES string of the molecule is CCOC(=O)C(=O)c1ccc2c(c1B(O)O)OCO2. The molecule has 1 heterocycles. The summed E-state index contributed by atoms with van der Waals surface area (Å²) in [5.74, 6) is -1.71. The van der Waals surface area contributed by atoms with Crippen molar-refractivity contribution in [3.05, 3.63) is 17.7 Å². The number of esters is 1. The molecule has 0 radical (unpaired) electrons. The van der Waals surface area contributed by atoms with Crippen molar-refractivity contribution >= 4 is 24.3 Å². The van der Waals surface area contributed by atoms with Crippen molar-refractivity contribution in [1.82, 2.24) is 0 Å². The number of hydrogen-bond donors (Lipinski definition) is 2. The Balaban J connectivity index is 2.46. The zero-order valence-electron chi connectivity index (χ0n) is 10.1. The number of carbonyl (C=O) groups is 2. The average Bonchev–Trinajstić information content (AvgIpc) is 2.84. The lowest BCUT2D eigenvalue weighted by Crippen LogP contribution is -2.37. The van der Waals surface area contributed by atoms with E-state index in [2.05, 4.69) is 4.74 Å². The minimum atomic E-state index is -1.97. The van der Waals surface area contributed by atoms with Gasteiger partial charge in [-0.25, -0.2) is 4.79 Å². The predicted octanol–water partition coefficient (Wildman–Crippen LogP) is -1.16. The number of rotatable bonds is 4. The van der Waals surface area contributed by atoms with Crippen LogP contribution < -0.4 is 14.9 Å². The van der Waals surface area contributed by atoms with E-state index in [0.29, 0.717) is 0 Å². The lowest BCUT2D eigenvalue weighted by molar-refractivity contribution is -0.137. The van der Waals surface area contributed by atoms with Crippen molar-refractivity contribution in [3.63, 3.8) is 0 Å². The van der Waals surface area contributed by atoms with Crippen LogP contribution in [0.25, 0.3) is 0 Å². The lowest BCUT2D eigenvalue weighted by Gasteiger charge is -2.10. The van der Waals surface area contributed by atoms with E-state index in [1.807, 2.05) is 0 Å². The Kier molecular flexibility index (Phi) is 3.73. The van der Waals surface area contributed by atoms with Crippen molar-refractivity contribution in [2.75, 3.05) is 13.4 Å². The van der Waals surface area contributed by atoms with Crippen LogP contribution in [0.15, 0.2) is 12.1 Å². The van der Waals surface area contributed by atoms with Crippen LogP contribution in [0.1, 0.15) is 17.3 Å². The molecular weight excluding hydrogens is 255 g/mol. The molecule has 7 nitrogen and oxygen atoms in total. The maximum atomic E-state index is 11.9. The normalized spacial score (nSPS) is 12.2. The molecule has 0 fully saturated rings. The standard InChI is InChI=1S/C11H11BO7/c1-2-17-11(14)9(13)6-3-4-7-10(19-5-18-7)8(6)12(15)16/h3-4,15-16H,2,5H2,1H3. The van der Waals surface area contributed by atoms with Crippen LogP contribution >= 0.6 is 0 Å². The maximum absolute atomic E-state index is 11.9. The van der Waals surface area contributed by atoms with Crippen molar-refractivity contribution in [3.8, 4) is 11.5 Å². The van der Waals surface area contributed by atoms with E-state index in [4.69, 9.17) is 9.47 Å².